The van der Waals surface area contributed by atoms with Gasteiger partial charge in [-0.2, -0.15) is 0 Å². The minimum atomic E-state index is 0.658. The molecule has 3 heteroatoms. The normalized spacial score (nSPS) is 32.9. The highest BCUT2D eigenvalue weighted by Crippen LogP contribution is 2.39. The van der Waals surface area contributed by atoms with Gasteiger partial charge in [0.1, 0.15) is 0 Å². The van der Waals surface area contributed by atoms with Gasteiger partial charge in [0.15, 0.2) is 0 Å². The van der Waals surface area contributed by atoms with E-state index in [1.54, 1.807) is 10.4 Å². The van der Waals surface area contributed by atoms with Gasteiger partial charge >= 0.3 is 0 Å². The smallest absolute Gasteiger partial charge is 0.0363 e. The Morgan fingerprint density at radius 3 is 3.15 bits per heavy atom. The number of hydrogen-bond acceptors (Lipinski definition) is 3. The lowest BCUT2D eigenvalue weighted by atomic mass is 9.88. The third-order valence-electron chi connectivity index (χ3n) is 5.40. The van der Waals surface area contributed by atoms with Crippen molar-refractivity contribution in [3.05, 3.63) is 21.9 Å². The first-order chi connectivity index (χ1) is 9.70. The Morgan fingerprint density at radius 1 is 1.50 bits per heavy atom. The number of nitrogens with zero attached hydrogens (tertiary/aromatic N) is 1. The van der Waals surface area contributed by atoms with Crippen LogP contribution < -0.4 is 5.32 Å². The van der Waals surface area contributed by atoms with E-state index in [2.05, 4.69) is 42.4 Å². The standard InChI is InChI=1S/C17H28N2S/c1-4-12(2)15-11-19(13(3)10-18-15)16-6-5-7-17-14(16)8-9-20-17/h8-9,12-13,15-16,18H,4-7,10-11H2,1-3H3. The van der Waals surface area contributed by atoms with Gasteiger partial charge in [-0.05, 0) is 49.1 Å². The van der Waals surface area contributed by atoms with Crippen LogP contribution in [0, 0.1) is 5.92 Å². The molecule has 2 heterocycles. The molecular weight excluding hydrogens is 264 g/mol. The largest absolute Gasteiger partial charge is 0.311 e. The molecule has 0 saturated carbocycles. The van der Waals surface area contributed by atoms with Crippen molar-refractivity contribution in [3.63, 3.8) is 0 Å². The molecule has 0 aromatic carbocycles. The fourth-order valence-corrected chi connectivity index (χ4v) is 4.80. The number of hydrogen-bond donors (Lipinski definition) is 1. The Labute approximate surface area is 127 Å². The van der Waals surface area contributed by atoms with Gasteiger partial charge in [-0.1, -0.05) is 20.3 Å². The molecule has 0 amide bonds. The Kier molecular flexibility index (Phi) is 4.49. The van der Waals surface area contributed by atoms with E-state index >= 15 is 0 Å². The Morgan fingerprint density at radius 2 is 2.35 bits per heavy atom. The number of rotatable bonds is 3. The highest BCUT2D eigenvalue weighted by molar-refractivity contribution is 7.10. The summed E-state index contributed by atoms with van der Waals surface area (Å²) < 4.78 is 0. The Balaban J connectivity index is 1.79. The van der Waals surface area contributed by atoms with Crippen molar-refractivity contribution in [1.29, 1.82) is 0 Å². The molecule has 4 atom stereocenters. The van der Waals surface area contributed by atoms with Crippen molar-refractivity contribution in [2.45, 2.75) is 64.6 Å². The summed E-state index contributed by atoms with van der Waals surface area (Å²) in [6, 6.07) is 4.39. The lowest BCUT2D eigenvalue weighted by molar-refractivity contribution is 0.0667. The Hall–Kier alpha value is -0.380. The van der Waals surface area contributed by atoms with Crippen LogP contribution in [0.25, 0.3) is 0 Å². The number of nitrogens with one attached hydrogen (secondary N) is 1. The molecule has 4 unspecified atom stereocenters. The van der Waals surface area contributed by atoms with E-state index in [9.17, 15) is 0 Å². The molecule has 1 aliphatic heterocycles. The molecule has 1 fully saturated rings. The zero-order chi connectivity index (χ0) is 14.1. The molecule has 0 bridgehead atoms. The van der Waals surface area contributed by atoms with Crippen LogP contribution in [-0.2, 0) is 6.42 Å². The van der Waals surface area contributed by atoms with Crippen molar-refractivity contribution in [3.8, 4) is 0 Å². The van der Waals surface area contributed by atoms with Crippen LogP contribution in [0.3, 0.4) is 0 Å². The summed E-state index contributed by atoms with van der Waals surface area (Å²) in [5, 5.41) is 6.06. The number of piperazine rings is 1. The van der Waals surface area contributed by atoms with E-state index < -0.39 is 0 Å². The van der Waals surface area contributed by atoms with Crippen molar-refractivity contribution >= 4 is 11.3 Å². The van der Waals surface area contributed by atoms with Crippen LogP contribution in [0.15, 0.2) is 11.4 Å². The minimum absolute atomic E-state index is 0.658. The van der Waals surface area contributed by atoms with Crippen LogP contribution >= 0.6 is 11.3 Å². The molecule has 112 valence electrons. The third-order valence-corrected chi connectivity index (χ3v) is 6.40. The summed E-state index contributed by atoms with van der Waals surface area (Å²) in [5.74, 6) is 0.774. The predicted molar refractivity (Wildman–Crippen MR) is 87.4 cm³/mol. The SMILES string of the molecule is CCC(C)C1CN(C2CCCc3sccc32)C(C)CN1. The van der Waals surface area contributed by atoms with Gasteiger partial charge in [0, 0.05) is 36.1 Å². The molecule has 2 aliphatic rings. The van der Waals surface area contributed by atoms with Gasteiger partial charge in [0.05, 0.1) is 0 Å². The van der Waals surface area contributed by atoms with Gasteiger partial charge in [-0.3, -0.25) is 4.90 Å². The van der Waals surface area contributed by atoms with Gasteiger partial charge < -0.3 is 5.32 Å². The summed E-state index contributed by atoms with van der Waals surface area (Å²) in [6.07, 6.45) is 5.29. The van der Waals surface area contributed by atoms with E-state index in [1.807, 2.05) is 11.3 Å². The topological polar surface area (TPSA) is 15.3 Å². The molecule has 0 spiro atoms. The number of thiophene rings is 1. The maximum atomic E-state index is 3.77. The van der Waals surface area contributed by atoms with Crippen LogP contribution in [0.2, 0.25) is 0 Å². The predicted octanol–water partition coefficient (Wildman–Crippen LogP) is 3.83. The third kappa shape index (κ3) is 2.68. The first-order valence-corrected chi connectivity index (χ1v) is 9.14. The van der Waals surface area contributed by atoms with E-state index in [-0.39, 0.29) is 0 Å². The second kappa shape index (κ2) is 6.17. The minimum Gasteiger partial charge on any atom is -0.311 e. The fraction of sp³-hybridized carbons (Fsp3) is 0.765. The van der Waals surface area contributed by atoms with E-state index in [0.29, 0.717) is 18.1 Å². The van der Waals surface area contributed by atoms with Crippen molar-refractivity contribution in [1.82, 2.24) is 10.2 Å². The second-order valence-electron chi connectivity index (χ2n) is 6.65. The molecule has 0 radical (unpaired) electrons. The van der Waals surface area contributed by atoms with Crippen LogP contribution in [0.1, 0.15) is 56.5 Å². The summed E-state index contributed by atoms with van der Waals surface area (Å²) >= 11 is 1.96. The van der Waals surface area contributed by atoms with Gasteiger partial charge in [-0.15, -0.1) is 11.3 Å². The lowest BCUT2D eigenvalue weighted by Gasteiger charge is -2.46. The maximum Gasteiger partial charge on any atom is 0.0363 e. The summed E-state index contributed by atoms with van der Waals surface area (Å²) in [6.45, 7) is 9.45. The van der Waals surface area contributed by atoms with Crippen molar-refractivity contribution in [2.24, 2.45) is 5.92 Å². The zero-order valence-corrected chi connectivity index (χ0v) is 13.9. The maximum absolute atomic E-state index is 3.77. The van der Waals surface area contributed by atoms with Gasteiger partial charge in [0.25, 0.3) is 0 Å². The second-order valence-corrected chi connectivity index (χ2v) is 7.65. The first-order valence-electron chi connectivity index (χ1n) is 8.26. The van der Waals surface area contributed by atoms with Crippen LogP contribution in [-0.4, -0.2) is 30.1 Å². The highest BCUT2D eigenvalue weighted by atomic mass is 32.1. The number of fused-ring (bicyclic) bond motifs is 1. The molecular formula is C17H28N2S. The van der Waals surface area contributed by atoms with Gasteiger partial charge in [-0.25, -0.2) is 0 Å². The highest BCUT2D eigenvalue weighted by Gasteiger charge is 2.35. The molecule has 20 heavy (non-hydrogen) atoms. The number of aryl methyl sites for hydroxylation is 1. The van der Waals surface area contributed by atoms with E-state index in [0.717, 1.165) is 12.5 Å². The molecule has 2 nitrogen and oxygen atoms in total. The van der Waals surface area contributed by atoms with Crippen LogP contribution in [0.5, 0.6) is 0 Å². The molecule has 1 aromatic rings. The zero-order valence-electron chi connectivity index (χ0n) is 13.1. The molecule has 1 saturated heterocycles. The van der Waals surface area contributed by atoms with Crippen molar-refractivity contribution < 1.29 is 0 Å². The molecule has 3 rings (SSSR count). The summed E-state index contributed by atoms with van der Waals surface area (Å²) in [7, 11) is 0. The van der Waals surface area contributed by atoms with Crippen molar-refractivity contribution in [2.75, 3.05) is 13.1 Å². The monoisotopic (exact) mass is 292 g/mol. The average molecular weight is 292 g/mol. The Bertz CT molecular complexity index is 442. The summed E-state index contributed by atoms with van der Waals surface area (Å²) in [5.41, 5.74) is 1.64. The van der Waals surface area contributed by atoms with Gasteiger partial charge in [0.2, 0.25) is 0 Å². The fourth-order valence-electron chi connectivity index (χ4n) is 3.82. The lowest BCUT2D eigenvalue weighted by Crippen LogP contribution is -2.58. The molecule has 1 N–H and O–H groups in total. The summed E-state index contributed by atoms with van der Waals surface area (Å²) in [4.78, 5) is 4.44. The van der Waals surface area contributed by atoms with E-state index in [1.165, 1.54) is 32.2 Å². The molecule has 1 aliphatic carbocycles. The average Bonchev–Trinajstić information content (AvgIpc) is 2.95. The molecule has 1 aromatic heterocycles. The van der Waals surface area contributed by atoms with Crippen LogP contribution in [0.4, 0.5) is 0 Å². The van der Waals surface area contributed by atoms with E-state index in [4.69, 9.17) is 0 Å². The first kappa shape index (κ1) is 14.6. The quantitative estimate of drug-likeness (QED) is 0.911.